The Kier molecular flexibility index (Phi) is 3.85. The zero-order valence-electron chi connectivity index (χ0n) is 9.56. The predicted molar refractivity (Wildman–Crippen MR) is 66.7 cm³/mol. The number of likely N-dealkylation sites (N-methyl/N-ethyl adjacent to an activating group) is 1. The Balaban J connectivity index is 1.93. The van der Waals surface area contributed by atoms with Crippen LogP contribution in [-0.2, 0) is 0 Å². The molecule has 1 aliphatic rings. The highest BCUT2D eigenvalue weighted by molar-refractivity contribution is 6.30. The Labute approximate surface area is 102 Å². The summed E-state index contributed by atoms with van der Waals surface area (Å²) in [7, 11) is 2.08. The van der Waals surface area contributed by atoms with Crippen molar-refractivity contribution < 1.29 is 5.11 Å². The highest BCUT2D eigenvalue weighted by atomic mass is 35.5. The first-order chi connectivity index (χ1) is 7.66. The lowest BCUT2D eigenvalue weighted by atomic mass is 9.91. The number of hydrogen-bond acceptors (Lipinski definition) is 2. The van der Waals surface area contributed by atoms with Crippen molar-refractivity contribution in [2.24, 2.45) is 0 Å². The maximum Gasteiger partial charge on any atom is 0.0917 e. The molecule has 1 N–H and O–H groups in total. The van der Waals surface area contributed by atoms with Crippen molar-refractivity contribution in [1.82, 2.24) is 4.90 Å². The van der Waals surface area contributed by atoms with Crippen LogP contribution in [0.25, 0.3) is 0 Å². The van der Waals surface area contributed by atoms with E-state index >= 15 is 0 Å². The molecule has 1 atom stereocenters. The average Bonchev–Trinajstić information content (AvgIpc) is 2.14. The molecule has 0 aromatic heterocycles. The summed E-state index contributed by atoms with van der Waals surface area (Å²) in [6.45, 7) is 0.686. The molecule has 0 aliphatic heterocycles. The van der Waals surface area contributed by atoms with Gasteiger partial charge in [-0.05, 0) is 37.6 Å². The van der Waals surface area contributed by atoms with Crippen LogP contribution in [0, 0.1) is 0 Å². The minimum atomic E-state index is -0.440. The van der Waals surface area contributed by atoms with Gasteiger partial charge >= 0.3 is 0 Å². The molecule has 88 valence electrons. The molecule has 0 spiro atoms. The molecule has 2 rings (SSSR count). The monoisotopic (exact) mass is 239 g/mol. The fraction of sp³-hybridized carbons (Fsp3) is 0.538. The van der Waals surface area contributed by atoms with Crippen LogP contribution in [0.4, 0.5) is 0 Å². The van der Waals surface area contributed by atoms with E-state index in [2.05, 4.69) is 11.9 Å². The third kappa shape index (κ3) is 2.76. The van der Waals surface area contributed by atoms with E-state index in [4.69, 9.17) is 11.6 Å². The fourth-order valence-corrected chi connectivity index (χ4v) is 2.27. The number of aliphatic hydroxyl groups is 1. The first-order valence-electron chi connectivity index (χ1n) is 5.80. The summed E-state index contributed by atoms with van der Waals surface area (Å²) in [5, 5.41) is 10.8. The van der Waals surface area contributed by atoms with Crippen LogP contribution < -0.4 is 0 Å². The van der Waals surface area contributed by atoms with E-state index in [0.29, 0.717) is 17.6 Å². The minimum absolute atomic E-state index is 0.440. The van der Waals surface area contributed by atoms with Crippen molar-refractivity contribution in [3.8, 4) is 0 Å². The van der Waals surface area contributed by atoms with Gasteiger partial charge in [0.25, 0.3) is 0 Å². The van der Waals surface area contributed by atoms with Gasteiger partial charge in [-0.3, -0.25) is 0 Å². The second-order valence-electron chi connectivity index (χ2n) is 4.60. The second-order valence-corrected chi connectivity index (χ2v) is 5.03. The van der Waals surface area contributed by atoms with E-state index in [0.717, 1.165) is 5.56 Å². The molecule has 0 bridgehead atoms. The molecule has 1 saturated carbocycles. The fourth-order valence-electron chi connectivity index (χ4n) is 2.07. The quantitative estimate of drug-likeness (QED) is 0.874. The van der Waals surface area contributed by atoms with Gasteiger partial charge in [0.1, 0.15) is 0 Å². The van der Waals surface area contributed by atoms with Crippen LogP contribution in [-0.4, -0.2) is 29.6 Å². The number of benzene rings is 1. The van der Waals surface area contributed by atoms with Crippen LogP contribution in [0.5, 0.6) is 0 Å². The first-order valence-corrected chi connectivity index (χ1v) is 6.18. The molecular formula is C13H18ClNO. The summed E-state index contributed by atoms with van der Waals surface area (Å²) in [4.78, 5) is 2.25. The molecule has 1 fully saturated rings. The van der Waals surface area contributed by atoms with Crippen LogP contribution in [0.3, 0.4) is 0 Å². The molecule has 0 heterocycles. The molecule has 1 aromatic rings. The Morgan fingerprint density at radius 1 is 1.50 bits per heavy atom. The van der Waals surface area contributed by atoms with Gasteiger partial charge in [-0.25, -0.2) is 0 Å². The lowest BCUT2D eigenvalue weighted by Crippen LogP contribution is -2.39. The summed E-state index contributed by atoms with van der Waals surface area (Å²) in [5.41, 5.74) is 0.902. The van der Waals surface area contributed by atoms with Gasteiger partial charge in [0.2, 0.25) is 0 Å². The van der Waals surface area contributed by atoms with Crippen molar-refractivity contribution in [3.05, 3.63) is 34.9 Å². The molecule has 1 aromatic carbocycles. The summed E-state index contributed by atoms with van der Waals surface area (Å²) >= 11 is 5.90. The van der Waals surface area contributed by atoms with E-state index in [9.17, 15) is 5.11 Å². The Morgan fingerprint density at radius 3 is 2.81 bits per heavy atom. The SMILES string of the molecule is CN(CC(O)c1cccc(Cl)c1)C1CCC1. The van der Waals surface area contributed by atoms with Gasteiger partial charge in [-0.1, -0.05) is 30.2 Å². The number of hydrogen-bond donors (Lipinski definition) is 1. The highest BCUT2D eigenvalue weighted by Crippen LogP contribution is 2.26. The van der Waals surface area contributed by atoms with E-state index in [1.54, 1.807) is 0 Å². The summed E-state index contributed by atoms with van der Waals surface area (Å²) in [6.07, 6.45) is 3.41. The molecular weight excluding hydrogens is 222 g/mol. The number of aliphatic hydroxyl groups excluding tert-OH is 1. The third-order valence-corrected chi connectivity index (χ3v) is 3.63. The summed E-state index contributed by atoms with van der Waals surface area (Å²) < 4.78 is 0. The van der Waals surface area contributed by atoms with E-state index in [1.807, 2.05) is 24.3 Å². The molecule has 1 unspecified atom stereocenters. The molecule has 2 nitrogen and oxygen atoms in total. The van der Waals surface area contributed by atoms with Gasteiger partial charge in [0, 0.05) is 17.6 Å². The maximum absolute atomic E-state index is 10.1. The molecule has 1 aliphatic carbocycles. The zero-order chi connectivity index (χ0) is 11.5. The highest BCUT2D eigenvalue weighted by Gasteiger charge is 2.23. The minimum Gasteiger partial charge on any atom is -0.387 e. The number of rotatable bonds is 4. The van der Waals surface area contributed by atoms with Gasteiger partial charge < -0.3 is 10.0 Å². The van der Waals surface area contributed by atoms with Crippen LogP contribution in [0.1, 0.15) is 30.9 Å². The normalized spacial score (nSPS) is 18.5. The van der Waals surface area contributed by atoms with Crippen molar-refractivity contribution in [2.45, 2.75) is 31.4 Å². The van der Waals surface area contributed by atoms with E-state index in [1.165, 1.54) is 19.3 Å². The van der Waals surface area contributed by atoms with Crippen molar-refractivity contribution in [1.29, 1.82) is 0 Å². The van der Waals surface area contributed by atoms with Crippen LogP contribution in [0.2, 0.25) is 5.02 Å². The van der Waals surface area contributed by atoms with Crippen molar-refractivity contribution in [2.75, 3.05) is 13.6 Å². The lowest BCUT2D eigenvalue weighted by Gasteiger charge is -2.35. The van der Waals surface area contributed by atoms with Crippen LogP contribution in [0.15, 0.2) is 24.3 Å². The molecule has 16 heavy (non-hydrogen) atoms. The van der Waals surface area contributed by atoms with Crippen molar-refractivity contribution >= 4 is 11.6 Å². The molecule has 0 radical (unpaired) electrons. The second kappa shape index (κ2) is 5.17. The standard InChI is InChI=1S/C13H18ClNO/c1-15(12-6-3-7-12)9-13(16)10-4-2-5-11(14)8-10/h2,4-5,8,12-13,16H,3,6-7,9H2,1H3. The third-order valence-electron chi connectivity index (χ3n) is 3.39. The van der Waals surface area contributed by atoms with Gasteiger partial charge in [0.05, 0.1) is 6.10 Å². The topological polar surface area (TPSA) is 23.5 Å². The summed E-state index contributed by atoms with van der Waals surface area (Å²) in [5.74, 6) is 0. The largest absolute Gasteiger partial charge is 0.387 e. The summed E-state index contributed by atoms with van der Waals surface area (Å²) in [6, 6.07) is 8.12. The maximum atomic E-state index is 10.1. The Hall–Kier alpha value is -0.570. The molecule has 0 amide bonds. The molecule has 3 heteroatoms. The van der Waals surface area contributed by atoms with Gasteiger partial charge in [-0.15, -0.1) is 0 Å². The first kappa shape index (κ1) is 11.9. The average molecular weight is 240 g/mol. The van der Waals surface area contributed by atoms with Crippen molar-refractivity contribution in [3.63, 3.8) is 0 Å². The van der Waals surface area contributed by atoms with E-state index in [-0.39, 0.29) is 0 Å². The molecule has 0 saturated heterocycles. The lowest BCUT2D eigenvalue weighted by molar-refractivity contribution is 0.0776. The smallest absolute Gasteiger partial charge is 0.0917 e. The van der Waals surface area contributed by atoms with Gasteiger partial charge in [0.15, 0.2) is 0 Å². The zero-order valence-corrected chi connectivity index (χ0v) is 10.3. The predicted octanol–water partition coefficient (Wildman–Crippen LogP) is 2.86. The van der Waals surface area contributed by atoms with E-state index < -0.39 is 6.10 Å². The Morgan fingerprint density at radius 2 is 2.25 bits per heavy atom. The number of nitrogens with zero attached hydrogens (tertiary/aromatic N) is 1. The Bertz CT molecular complexity index is 352. The van der Waals surface area contributed by atoms with Gasteiger partial charge in [-0.2, -0.15) is 0 Å². The van der Waals surface area contributed by atoms with Crippen LogP contribution >= 0.6 is 11.6 Å². The number of halogens is 1.